The highest BCUT2D eigenvalue weighted by molar-refractivity contribution is 6.31. The van der Waals surface area contributed by atoms with E-state index in [1.807, 2.05) is 13.0 Å². The number of nitrogens with one attached hydrogen (secondary N) is 1. The van der Waals surface area contributed by atoms with Gasteiger partial charge in [-0.25, -0.2) is 4.99 Å². The van der Waals surface area contributed by atoms with Crippen LogP contribution in [0.2, 0.25) is 5.02 Å². The molecule has 7 heteroatoms. The molecule has 0 saturated carbocycles. The third kappa shape index (κ3) is 4.17. The van der Waals surface area contributed by atoms with Gasteiger partial charge >= 0.3 is 0 Å². The van der Waals surface area contributed by atoms with E-state index in [2.05, 4.69) is 10.3 Å². The van der Waals surface area contributed by atoms with Crippen LogP contribution in [0.1, 0.15) is 21.7 Å². The summed E-state index contributed by atoms with van der Waals surface area (Å²) in [5.41, 5.74) is 2.24. The fraction of sp³-hybridized carbons (Fsp3) is 0.0909. The van der Waals surface area contributed by atoms with Gasteiger partial charge in [0.25, 0.3) is 5.91 Å². The summed E-state index contributed by atoms with van der Waals surface area (Å²) in [6.07, 6.45) is 1.54. The van der Waals surface area contributed by atoms with E-state index < -0.39 is 0 Å². The molecule has 0 spiro atoms. The van der Waals surface area contributed by atoms with E-state index in [0.717, 1.165) is 5.56 Å². The normalized spacial score (nSPS) is 11.7. The maximum Gasteiger partial charge on any atom is 0.257 e. The third-order valence-corrected chi connectivity index (χ3v) is 4.78. The van der Waals surface area contributed by atoms with E-state index in [1.54, 1.807) is 42.7 Å². The second kappa shape index (κ2) is 7.85. The molecule has 0 aliphatic rings. The maximum absolute atomic E-state index is 12.8. The molecule has 0 radical (unpaired) electrons. The van der Waals surface area contributed by atoms with E-state index in [-0.39, 0.29) is 29.3 Å². The number of furan rings is 1. The molecule has 1 amide bonds. The summed E-state index contributed by atoms with van der Waals surface area (Å²) >= 11 is 6.19. The standard InChI is InChI=1S/C22H17ClN2O4/c1-13-4-6-15(10-19(13)23)25-22-18(21(27)24-12-17-3-2-8-28-17)9-14-5-7-16(26)11-20(14)29-22/h2-11,26H,12H2,1H3,(H,24,27). The van der Waals surface area contributed by atoms with Gasteiger partial charge in [0.05, 0.1) is 18.5 Å². The van der Waals surface area contributed by atoms with Crippen molar-refractivity contribution in [3.8, 4) is 5.75 Å². The van der Waals surface area contributed by atoms with Gasteiger partial charge in [-0.3, -0.25) is 4.79 Å². The summed E-state index contributed by atoms with van der Waals surface area (Å²) in [5, 5.41) is 13.8. The van der Waals surface area contributed by atoms with Gasteiger partial charge in [-0.1, -0.05) is 17.7 Å². The van der Waals surface area contributed by atoms with E-state index in [4.69, 9.17) is 20.4 Å². The number of amides is 1. The van der Waals surface area contributed by atoms with Crippen LogP contribution in [0.4, 0.5) is 5.69 Å². The number of aryl methyl sites for hydroxylation is 1. The Kier molecular flexibility index (Phi) is 5.10. The van der Waals surface area contributed by atoms with E-state index in [1.165, 1.54) is 12.1 Å². The second-order valence-electron chi connectivity index (χ2n) is 6.49. The molecule has 0 saturated heterocycles. The number of nitrogens with zero attached hydrogens (tertiary/aromatic N) is 1. The predicted octanol–water partition coefficient (Wildman–Crippen LogP) is 4.86. The molecule has 146 valence electrons. The Morgan fingerprint density at radius 2 is 2.03 bits per heavy atom. The lowest BCUT2D eigenvalue weighted by molar-refractivity contribution is 0.0944. The van der Waals surface area contributed by atoms with Crippen LogP contribution in [-0.4, -0.2) is 11.0 Å². The number of phenols is 1. The summed E-state index contributed by atoms with van der Waals surface area (Å²) in [6.45, 7) is 2.12. The predicted molar refractivity (Wildman–Crippen MR) is 109 cm³/mol. The highest BCUT2D eigenvalue weighted by Gasteiger charge is 2.14. The Hall–Kier alpha value is -3.51. The summed E-state index contributed by atoms with van der Waals surface area (Å²) in [6, 6.07) is 15.2. The minimum absolute atomic E-state index is 0.0561. The first kappa shape index (κ1) is 18.8. The van der Waals surface area contributed by atoms with Crippen LogP contribution in [0.25, 0.3) is 11.0 Å². The first-order valence-electron chi connectivity index (χ1n) is 8.88. The lowest BCUT2D eigenvalue weighted by Gasteiger charge is -2.07. The van der Waals surface area contributed by atoms with Crippen LogP contribution >= 0.6 is 11.6 Å². The number of rotatable bonds is 4. The molecule has 0 atom stereocenters. The summed E-state index contributed by atoms with van der Waals surface area (Å²) in [4.78, 5) is 17.3. The highest BCUT2D eigenvalue weighted by Crippen LogP contribution is 2.23. The minimum atomic E-state index is -0.364. The second-order valence-corrected chi connectivity index (χ2v) is 6.90. The van der Waals surface area contributed by atoms with Crippen molar-refractivity contribution in [1.82, 2.24) is 5.32 Å². The molecule has 2 N–H and O–H groups in total. The number of hydrogen-bond donors (Lipinski definition) is 2. The topological polar surface area (TPSA) is 88.0 Å². The molecular weight excluding hydrogens is 392 g/mol. The van der Waals surface area contributed by atoms with Crippen molar-refractivity contribution in [2.75, 3.05) is 0 Å². The first-order valence-corrected chi connectivity index (χ1v) is 9.26. The number of carbonyl (C=O) groups is 1. The number of halogens is 1. The molecule has 2 aromatic heterocycles. The van der Waals surface area contributed by atoms with E-state index >= 15 is 0 Å². The van der Waals surface area contributed by atoms with Crippen LogP contribution in [0.3, 0.4) is 0 Å². The SMILES string of the molecule is Cc1ccc(N=c2oc3cc(O)ccc3cc2C(=O)NCc2ccco2)cc1Cl. The number of hydrogen-bond acceptors (Lipinski definition) is 5. The Morgan fingerprint density at radius 1 is 1.17 bits per heavy atom. The van der Waals surface area contributed by atoms with Gasteiger partial charge < -0.3 is 19.3 Å². The number of phenolic OH excluding ortho intramolecular Hbond substituents is 1. The van der Waals surface area contributed by atoms with Gasteiger partial charge in [0.2, 0.25) is 5.55 Å². The average Bonchev–Trinajstić information content (AvgIpc) is 3.22. The zero-order valence-corrected chi connectivity index (χ0v) is 16.2. The van der Waals surface area contributed by atoms with Gasteiger partial charge in [-0.05, 0) is 55.0 Å². The van der Waals surface area contributed by atoms with Gasteiger partial charge in [-0.2, -0.15) is 0 Å². The fourth-order valence-electron chi connectivity index (χ4n) is 2.80. The van der Waals surface area contributed by atoms with Crippen molar-refractivity contribution in [2.24, 2.45) is 4.99 Å². The highest BCUT2D eigenvalue weighted by atomic mass is 35.5. The molecule has 0 bridgehead atoms. The third-order valence-electron chi connectivity index (χ3n) is 4.37. The summed E-state index contributed by atoms with van der Waals surface area (Å²) in [5.74, 6) is 0.322. The lowest BCUT2D eigenvalue weighted by atomic mass is 10.1. The smallest absolute Gasteiger partial charge is 0.257 e. The van der Waals surface area contributed by atoms with Crippen molar-refractivity contribution >= 4 is 34.2 Å². The van der Waals surface area contributed by atoms with E-state index in [0.29, 0.717) is 27.4 Å². The van der Waals surface area contributed by atoms with Crippen LogP contribution in [0.5, 0.6) is 5.75 Å². The van der Waals surface area contributed by atoms with Crippen molar-refractivity contribution in [3.05, 3.63) is 88.3 Å². The molecule has 6 nitrogen and oxygen atoms in total. The molecular formula is C22H17ClN2O4. The Morgan fingerprint density at radius 3 is 2.79 bits per heavy atom. The molecule has 4 rings (SSSR count). The number of aromatic hydroxyl groups is 1. The molecule has 4 aromatic rings. The van der Waals surface area contributed by atoms with Gasteiger partial charge in [-0.15, -0.1) is 0 Å². The lowest BCUT2D eigenvalue weighted by Crippen LogP contribution is -2.28. The van der Waals surface area contributed by atoms with Crippen LogP contribution in [0.15, 0.2) is 74.7 Å². The van der Waals surface area contributed by atoms with Gasteiger partial charge in [0.1, 0.15) is 22.7 Å². The quantitative estimate of drug-likeness (QED) is 0.505. The van der Waals surface area contributed by atoms with Crippen molar-refractivity contribution < 1.29 is 18.7 Å². The Balaban J connectivity index is 1.80. The maximum atomic E-state index is 12.8. The van der Waals surface area contributed by atoms with Crippen LogP contribution < -0.4 is 10.9 Å². The van der Waals surface area contributed by atoms with Crippen LogP contribution in [0, 0.1) is 6.92 Å². The molecule has 0 aliphatic carbocycles. The Bertz CT molecular complexity index is 1260. The van der Waals surface area contributed by atoms with Crippen LogP contribution in [-0.2, 0) is 6.54 Å². The molecule has 0 fully saturated rings. The molecule has 2 aromatic carbocycles. The number of carbonyl (C=O) groups excluding carboxylic acids is 1. The van der Waals surface area contributed by atoms with Crippen molar-refractivity contribution in [1.29, 1.82) is 0 Å². The first-order chi connectivity index (χ1) is 14.0. The van der Waals surface area contributed by atoms with Crippen molar-refractivity contribution in [2.45, 2.75) is 13.5 Å². The monoisotopic (exact) mass is 408 g/mol. The largest absolute Gasteiger partial charge is 0.508 e. The molecule has 0 unspecified atom stereocenters. The molecule has 0 aliphatic heterocycles. The Labute approximate surface area is 171 Å². The van der Waals surface area contributed by atoms with Gasteiger partial charge in [0, 0.05) is 16.5 Å². The molecule has 2 heterocycles. The summed E-state index contributed by atoms with van der Waals surface area (Å²) in [7, 11) is 0. The zero-order chi connectivity index (χ0) is 20.4. The number of fused-ring (bicyclic) bond motifs is 1. The van der Waals surface area contributed by atoms with Gasteiger partial charge in [0.15, 0.2) is 0 Å². The zero-order valence-electron chi connectivity index (χ0n) is 15.5. The van der Waals surface area contributed by atoms with E-state index in [9.17, 15) is 9.90 Å². The molecule has 29 heavy (non-hydrogen) atoms. The number of benzene rings is 2. The minimum Gasteiger partial charge on any atom is -0.508 e. The summed E-state index contributed by atoms with van der Waals surface area (Å²) < 4.78 is 11.1. The fourth-order valence-corrected chi connectivity index (χ4v) is 2.97. The van der Waals surface area contributed by atoms with Crippen molar-refractivity contribution in [3.63, 3.8) is 0 Å². The average molecular weight is 409 g/mol.